The third-order valence-corrected chi connectivity index (χ3v) is 5.50. The number of nitrogens with two attached hydrogens (primary N) is 2. The van der Waals surface area contributed by atoms with Crippen LogP contribution in [0.5, 0.6) is 0 Å². The molecule has 0 radical (unpaired) electrons. The molecule has 6 nitrogen and oxygen atoms in total. The minimum absolute atomic E-state index is 0.0127. The van der Waals surface area contributed by atoms with Gasteiger partial charge in [0.05, 0.1) is 17.7 Å². The Kier molecular flexibility index (Phi) is 8.88. The Balaban J connectivity index is 1.63. The number of nitrogens with one attached hydrogen (secondary N) is 1. The van der Waals surface area contributed by atoms with Crippen molar-refractivity contribution in [2.75, 3.05) is 11.9 Å². The van der Waals surface area contributed by atoms with Gasteiger partial charge in [0.25, 0.3) is 0 Å². The number of anilines is 1. The van der Waals surface area contributed by atoms with E-state index in [-0.39, 0.29) is 12.1 Å². The molecular weight excluding hydrogens is 469 g/mol. The molecule has 0 aromatic heterocycles. The first-order valence-electron chi connectivity index (χ1n) is 11.2. The number of allylic oxidation sites excluding steroid dienone is 5. The van der Waals surface area contributed by atoms with Crippen molar-refractivity contribution in [1.82, 2.24) is 4.90 Å². The van der Waals surface area contributed by atoms with Crippen LogP contribution in [0.4, 0.5) is 18.9 Å². The Hall–Kier alpha value is -4.08. The third kappa shape index (κ3) is 6.97. The van der Waals surface area contributed by atoms with Gasteiger partial charge in [-0.3, -0.25) is 4.79 Å². The first-order chi connectivity index (χ1) is 17.2. The largest absolute Gasteiger partial charge is 0.416 e. The predicted molar refractivity (Wildman–Crippen MR) is 133 cm³/mol. The Morgan fingerprint density at radius 2 is 1.97 bits per heavy atom. The average molecular weight is 498 g/mol. The van der Waals surface area contributed by atoms with Gasteiger partial charge in [-0.25, -0.2) is 5.21 Å². The summed E-state index contributed by atoms with van der Waals surface area (Å²) in [4.78, 5) is 14.3. The Morgan fingerprint density at radius 1 is 1.22 bits per heavy atom. The van der Waals surface area contributed by atoms with E-state index in [0.29, 0.717) is 12.1 Å². The summed E-state index contributed by atoms with van der Waals surface area (Å²) in [6.07, 6.45) is 8.29. The third-order valence-electron chi connectivity index (χ3n) is 5.50. The molecule has 0 atom stereocenters. The Labute approximate surface area is 207 Å². The van der Waals surface area contributed by atoms with E-state index >= 15 is 0 Å². The number of carbonyl (C=O) groups excluding carboxylic acids is 1. The van der Waals surface area contributed by atoms with Crippen molar-refractivity contribution in [3.05, 3.63) is 119 Å². The zero-order chi connectivity index (χ0) is 26.1. The van der Waals surface area contributed by atoms with Crippen LogP contribution in [0.1, 0.15) is 23.6 Å². The van der Waals surface area contributed by atoms with E-state index in [9.17, 15) is 18.0 Å². The highest BCUT2D eigenvalue weighted by atomic mass is 19.4. The fourth-order valence-corrected chi connectivity index (χ4v) is 3.71. The highest BCUT2D eigenvalue weighted by Crippen LogP contribution is 2.30. The molecule has 0 saturated heterocycles. The number of halogens is 3. The summed E-state index contributed by atoms with van der Waals surface area (Å²) in [6, 6.07) is 11.8. The molecule has 0 unspecified atom stereocenters. The number of hydrogen-bond donors (Lipinski definition) is 4. The molecule has 1 amide bonds. The summed E-state index contributed by atoms with van der Waals surface area (Å²) in [5.41, 5.74) is 10.5. The number of hydrogen-bond acceptors (Lipinski definition) is 4. The maximum absolute atomic E-state index is 12.9. The van der Waals surface area contributed by atoms with Crippen LogP contribution in [0.15, 0.2) is 103 Å². The van der Waals surface area contributed by atoms with E-state index in [2.05, 4.69) is 5.32 Å². The molecule has 36 heavy (non-hydrogen) atoms. The summed E-state index contributed by atoms with van der Waals surface area (Å²) in [7, 11) is 0. The molecule has 0 bridgehead atoms. The maximum atomic E-state index is 12.9. The van der Waals surface area contributed by atoms with Gasteiger partial charge < -0.3 is 16.0 Å². The topological polar surface area (TPSA) is 95.2 Å². The van der Waals surface area contributed by atoms with E-state index in [4.69, 9.17) is 10.9 Å². The Morgan fingerprint density at radius 3 is 2.56 bits per heavy atom. The molecule has 0 saturated carbocycles. The molecular formula is C27H28F3N4O2+. The van der Waals surface area contributed by atoms with Crippen molar-refractivity contribution in [2.24, 2.45) is 5.73 Å². The van der Waals surface area contributed by atoms with Gasteiger partial charge in [0.2, 0.25) is 5.91 Å². The highest BCUT2D eigenvalue weighted by Gasteiger charge is 2.30. The predicted octanol–water partition coefficient (Wildman–Crippen LogP) is 4.31. The molecule has 188 valence electrons. The smallest absolute Gasteiger partial charge is 0.403 e. The maximum Gasteiger partial charge on any atom is 0.416 e. The fraction of sp³-hybridized carbons (Fsp3) is 0.148. The molecule has 6 N–H and O–H groups in total. The second-order valence-corrected chi connectivity index (χ2v) is 7.93. The van der Waals surface area contributed by atoms with Crippen LogP contribution in [-0.4, -0.2) is 22.6 Å². The van der Waals surface area contributed by atoms with E-state index in [1.54, 1.807) is 18.3 Å². The summed E-state index contributed by atoms with van der Waals surface area (Å²) in [5.74, 6) is -0.416. The SMILES string of the molecule is C/C=C(\C=C/[NH2+]O)C1=CCN(/C(=C\N)c2ccc(CC(=O)Nc3cccc(C(F)(F)F)c3)cc2)C=C1. The van der Waals surface area contributed by atoms with Crippen LogP contribution in [0, 0.1) is 0 Å². The number of hydroxylamine groups is 1. The standard InChI is InChI=1S/C27H27F3N4O2/c1-2-20(10-13-32-36)21-11-14-34(15-12-21)25(18-31)22-8-6-19(7-9-22)16-26(35)33-24-5-3-4-23(17-24)27(28,29)30/h2-14,17-18,32,36H,15-16,31H2,1H3,(H,33,35)/p+1/b13-10-,20-2+,25-18-. The van der Waals surface area contributed by atoms with Crippen molar-refractivity contribution in [1.29, 1.82) is 0 Å². The lowest BCUT2D eigenvalue weighted by Crippen LogP contribution is -2.73. The Bertz CT molecular complexity index is 1230. The van der Waals surface area contributed by atoms with Gasteiger partial charge in [-0.15, -0.1) is 0 Å². The normalized spacial score (nSPS) is 14.8. The van der Waals surface area contributed by atoms with Gasteiger partial charge >= 0.3 is 6.18 Å². The monoisotopic (exact) mass is 497 g/mol. The van der Waals surface area contributed by atoms with Crippen LogP contribution in [0.2, 0.25) is 0 Å². The lowest BCUT2D eigenvalue weighted by molar-refractivity contribution is -0.838. The highest BCUT2D eigenvalue weighted by molar-refractivity contribution is 5.92. The molecule has 2 aromatic rings. The van der Waals surface area contributed by atoms with E-state index in [1.165, 1.54) is 18.3 Å². The molecule has 1 aliphatic heterocycles. The van der Waals surface area contributed by atoms with Crippen molar-refractivity contribution in [2.45, 2.75) is 19.5 Å². The van der Waals surface area contributed by atoms with E-state index < -0.39 is 17.6 Å². The molecule has 9 heteroatoms. The van der Waals surface area contributed by atoms with Crippen molar-refractivity contribution in [3.63, 3.8) is 0 Å². The van der Waals surface area contributed by atoms with E-state index in [0.717, 1.165) is 40.0 Å². The molecule has 2 aromatic carbocycles. The molecule has 1 heterocycles. The lowest BCUT2D eigenvalue weighted by Gasteiger charge is -2.26. The van der Waals surface area contributed by atoms with Crippen molar-refractivity contribution in [3.8, 4) is 0 Å². The van der Waals surface area contributed by atoms with Crippen LogP contribution < -0.4 is 16.5 Å². The first kappa shape index (κ1) is 26.5. The molecule has 3 rings (SSSR count). The lowest BCUT2D eigenvalue weighted by atomic mass is 10.0. The van der Waals surface area contributed by atoms with Gasteiger partial charge in [-0.05, 0) is 53.5 Å². The van der Waals surface area contributed by atoms with Gasteiger partial charge in [-0.1, -0.05) is 42.5 Å². The molecule has 0 fully saturated rings. The number of nitrogens with zero attached hydrogens (tertiary/aromatic N) is 1. The van der Waals surface area contributed by atoms with Crippen LogP contribution >= 0.6 is 0 Å². The van der Waals surface area contributed by atoms with Crippen LogP contribution in [0.25, 0.3) is 5.70 Å². The number of carbonyl (C=O) groups is 1. The van der Waals surface area contributed by atoms with Crippen molar-refractivity contribution < 1.29 is 28.7 Å². The summed E-state index contributed by atoms with van der Waals surface area (Å²) in [6.45, 7) is 2.51. The summed E-state index contributed by atoms with van der Waals surface area (Å²) in [5, 5.41) is 11.4. The second-order valence-electron chi connectivity index (χ2n) is 7.93. The van der Waals surface area contributed by atoms with Crippen LogP contribution in [0.3, 0.4) is 0 Å². The number of rotatable bonds is 8. The van der Waals surface area contributed by atoms with Gasteiger partial charge in [0, 0.05) is 30.7 Å². The minimum Gasteiger partial charge on any atom is -0.403 e. The zero-order valence-corrected chi connectivity index (χ0v) is 19.7. The van der Waals surface area contributed by atoms with Gasteiger partial charge in [0.15, 0.2) is 0 Å². The zero-order valence-electron chi connectivity index (χ0n) is 19.7. The van der Waals surface area contributed by atoms with Gasteiger partial charge in [0.1, 0.15) is 6.20 Å². The average Bonchev–Trinajstić information content (AvgIpc) is 2.86. The summed E-state index contributed by atoms with van der Waals surface area (Å²) >= 11 is 0. The molecule has 0 spiro atoms. The van der Waals surface area contributed by atoms with E-state index in [1.807, 2.05) is 54.5 Å². The number of amides is 1. The quantitative estimate of drug-likeness (QED) is 0.323. The van der Waals surface area contributed by atoms with Gasteiger partial charge in [-0.2, -0.15) is 18.7 Å². The summed E-state index contributed by atoms with van der Waals surface area (Å²) < 4.78 is 38.6. The number of benzene rings is 2. The minimum atomic E-state index is -4.48. The molecule has 0 aliphatic carbocycles. The first-order valence-corrected chi connectivity index (χ1v) is 11.2. The fourth-order valence-electron chi connectivity index (χ4n) is 3.71. The molecule has 1 aliphatic rings. The number of alkyl halides is 3. The van der Waals surface area contributed by atoms with Crippen molar-refractivity contribution >= 4 is 17.3 Å². The second kappa shape index (κ2) is 12.1. The number of quaternary nitrogens is 1. The van der Waals surface area contributed by atoms with Crippen LogP contribution in [-0.2, 0) is 17.4 Å².